The Morgan fingerprint density at radius 1 is 1.23 bits per heavy atom. The van der Waals surface area contributed by atoms with Gasteiger partial charge in [-0.2, -0.15) is 0 Å². The smallest absolute Gasteiger partial charge is 0.314 e. The van der Waals surface area contributed by atoms with E-state index < -0.39 is 40.6 Å². The summed E-state index contributed by atoms with van der Waals surface area (Å²) in [7, 11) is 0. The third-order valence-corrected chi connectivity index (χ3v) is 6.53. The minimum atomic E-state index is -1.55. The number of carbonyl (C=O) groups is 2. The summed E-state index contributed by atoms with van der Waals surface area (Å²) in [6.45, 7) is 6.54. The van der Waals surface area contributed by atoms with E-state index in [0.29, 0.717) is 6.42 Å². The summed E-state index contributed by atoms with van der Waals surface area (Å²) in [4.78, 5) is 25.7. The first-order chi connectivity index (χ1) is 14.5. The number of hydrogen-bond donors (Lipinski definition) is 2. The van der Waals surface area contributed by atoms with Crippen molar-refractivity contribution in [3.05, 3.63) is 63.8 Å². The number of nitrogens with zero attached hydrogens (tertiary/aromatic N) is 1. The number of aromatic hydroxyl groups is 1. The zero-order valence-electron chi connectivity index (χ0n) is 17.5. The van der Waals surface area contributed by atoms with Crippen molar-refractivity contribution < 1.29 is 28.6 Å². The largest absolute Gasteiger partial charge is 0.505 e. The van der Waals surface area contributed by atoms with E-state index in [9.17, 15) is 24.2 Å². The average Bonchev–Trinajstić information content (AvgIpc) is 3.03. The topological polar surface area (TPSA) is 79.5 Å². The maximum atomic E-state index is 15.2. The van der Waals surface area contributed by atoms with Gasteiger partial charge in [0.25, 0.3) is 5.91 Å². The van der Waals surface area contributed by atoms with Crippen molar-refractivity contribution in [2.45, 2.75) is 39.5 Å². The highest BCUT2D eigenvalue weighted by Crippen LogP contribution is 2.44. The van der Waals surface area contributed by atoms with Gasteiger partial charge in [-0.05, 0) is 50.1 Å². The molecule has 2 aromatic carbocycles. The Labute approximate surface area is 182 Å². The summed E-state index contributed by atoms with van der Waals surface area (Å²) in [5, 5.41) is 19.8. The SMILES string of the molecule is CCC(C)[C@@](C)(C(=O)O)c1c(C)n(C(=O)c2ccc(Cl)c(F)c2)c2ccc(O)c(F)c12. The number of phenolic OH excluding ortho intramolecular Hbond substituents is 1. The van der Waals surface area contributed by atoms with E-state index in [1.807, 2.05) is 6.92 Å². The van der Waals surface area contributed by atoms with E-state index in [2.05, 4.69) is 0 Å². The lowest BCUT2D eigenvalue weighted by atomic mass is 9.70. The highest BCUT2D eigenvalue weighted by Gasteiger charge is 2.45. The van der Waals surface area contributed by atoms with Crippen LogP contribution in [-0.2, 0) is 10.2 Å². The summed E-state index contributed by atoms with van der Waals surface area (Å²) in [5.74, 6) is -4.75. The van der Waals surface area contributed by atoms with Gasteiger partial charge in [-0.25, -0.2) is 8.78 Å². The molecule has 31 heavy (non-hydrogen) atoms. The zero-order valence-corrected chi connectivity index (χ0v) is 18.2. The normalized spacial score (nSPS) is 14.4. The molecule has 0 aliphatic heterocycles. The molecule has 0 radical (unpaired) electrons. The second kappa shape index (κ2) is 7.96. The van der Waals surface area contributed by atoms with Crippen molar-refractivity contribution in [1.29, 1.82) is 0 Å². The number of hydrogen-bond acceptors (Lipinski definition) is 3. The highest BCUT2D eigenvalue weighted by atomic mass is 35.5. The molecule has 164 valence electrons. The Hall–Kier alpha value is -2.93. The molecule has 0 spiro atoms. The molecule has 3 rings (SSSR count). The van der Waals surface area contributed by atoms with Crippen LogP contribution in [0.15, 0.2) is 30.3 Å². The fraction of sp³-hybridized carbons (Fsp3) is 0.304. The first-order valence-corrected chi connectivity index (χ1v) is 10.1. The molecule has 2 atom stereocenters. The summed E-state index contributed by atoms with van der Waals surface area (Å²) in [5.41, 5.74) is -1.21. The lowest BCUT2D eigenvalue weighted by molar-refractivity contribution is -0.145. The Balaban J connectivity index is 2.44. The van der Waals surface area contributed by atoms with E-state index in [-0.39, 0.29) is 32.7 Å². The fourth-order valence-corrected chi connectivity index (χ4v) is 4.20. The Kier molecular flexibility index (Phi) is 5.84. The number of aromatic nitrogens is 1. The number of fused-ring (bicyclic) bond motifs is 1. The number of carbonyl (C=O) groups excluding carboxylic acids is 1. The summed E-state index contributed by atoms with van der Waals surface area (Å²) in [6, 6.07) is 5.97. The van der Waals surface area contributed by atoms with Crippen LogP contribution in [0.3, 0.4) is 0 Å². The molecule has 1 aromatic heterocycles. The predicted molar refractivity (Wildman–Crippen MR) is 114 cm³/mol. The van der Waals surface area contributed by atoms with Crippen LogP contribution in [0.25, 0.3) is 10.9 Å². The minimum absolute atomic E-state index is 0.0394. The fourth-order valence-electron chi connectivity index (χ4n) is 4.08. The van der Waals surface area contributed by atoms with Crippen LogP contribution >= 0.6 is 11.6 Å². The molecule has 2 N–H and O–H groups in total. The number of carboxylic acids is 1. The van der Waals surface area contributed by atoms with Gasteiger partial charge in [-0.1, -0.05) is 31.9 Å². The van der Waals surface area contributed by atoms with Crippen LogP contribution in [0.5, 0.6) is 5.75 Å². The maximum Gasteiger partial charge on any atom is 0.314 e. The van der Waals surface area contributed by atoms with Gasteiger partial charge in [0.1, 0.15) is 5.82 Å². The van der Waals surface area contributed by atoms with E-state index in [0.717, 1.165) is 16.7 Å². The lowest BCUT2D eigenvalue weighted by Gasteiger charge is -2.32. The molecule has 0 bridgehead atoms. The van der Waals surface area contributed by atoms with Crippen molar-refractivity contribution in [2.75, 3.05) is 0 Å². The molecule has 0 fully saturated rings. The summed E-state index contributed by atoms with van der Waals surface area (Å²) < 4.78 is 30.3. The average molecular weight is 450 g/mol. The Bertz CT molecular complexity index is 1220. The van der Waals surface area contributed by atoms with Gasteiger partial charge in [0.05, 0.1) is 16.0 Å². The second-order valence-electron chi connectivity index (χ2n) is 7.84. The maximum absolute atomic E-state index is 15.2. The number of halogens is 3. The molecule has 8 heteroatoms. The van der Waals surface area contributed by atoms with Gasteiger partial charge in [-0.15, -0.1) is 0 Å². The van der Waals surface area contributed by atoms with Gasteiger partial charge in [0.15, 0.2) is 11.6 Å². The number of benzene rings is 2. The standard InChI is InChI=1S/C23H22ClF2NO4/c1-5-11(2)23(4,22(30)31)19-12(3)27(16-8-9-17(28)20(26)18(16)19)21(29)13-6-7-14(24)15(25)10-13/h6-11,28H,5H2,1-4H3,(H,30,31)/t11?,23-/m1/s1. The Morgan fingerprint density at radius 3 is 2.42 bits per heavy atom. The van der Waals surface area contributed by atoms with Gasteiger partial charge >= 0.3 is 5.97 Å². The van der Waals surface area contributed by atoms with Crippen LogP contribution in [0.1, 0.15) is 48.8 Å². The van der Waals surface area contributed by atoms with Crippen LogP contribution in [0, 0.1) is 24.5 Å². The second-order valence-corrected chi connectivity index (χ2v) is 8.25. The zero-order chi connectivity index (χ0) is 23.2. The quantitative estimate of drug-likeness (QED) is 0.526. The van der Waals surface area contributed by atoms with Gasteiger partial charge in [0.2, 0.25) is 0 Å². The first kappa shape index (κ1) is 22.7. The number of rotatable bonds is 5. The molecule has 1 heterocycles. The molecule has 3 aromatic rings. The van der Waals surface area contributed by atoms with Crippen molar-refractivity contribution in [3.63, 3.8) is 0 Å². The number of carboxylic acid groups (broad SMARTS) is 1. The Morgan fingerprint density at radius 2 is 1.87 bits per heavy atom. The van der Waals surface area contributed by atoms with Gasteiger partial charge in [0, 0.05) is 22.2 Å². The molecule has 5 nitrogen and oxygen atoms in total. The molecule has 0 saturated heterocycles. The molecular weight excluding hydrogens is 428 g/mol. The number of phenols is 1. The van der Waals surface area contributed by atoms with E-state index in [1.165, 1.54) is 32.0 Å². The van der Waals surface area contributed by atoms with E-state index in [4.69, 9.17) is 11.6 Å². The van der Waals surface area contributed by atoms with Crippen molar-refractivity contribution in [3.8, 4) is 5.75 Å². The molecule has 0 aliphatic carbocycles. The molecule has 0 aliphatic rings. The van der Waals surface area contributed by atoms with Crippen LogP contribution < -0.4 is 0 Å². The van der Waals surface area contributed by atoms with E-state index >= 15 is 4.39 Å². The lowest BCUT2D eigenvalue weighted by Crippen LogP contribution is -2.39. The molecular formula is C23H22ClF2NO4. The van der Waals surface area contributed by atoms with Crippen molar-refractivity contribution in [2.24, 2.45) is 5.92 Å². The third kappa shape index (κ3) is 3.37. The monoisotopic (exact) mass is 449 g/mol. The summed E-state index contributed by atoms with van der Waals surface area (Å²) in [6.07, 6.45) is 0.478. The molecule has 1 unspecified atom stereocenters. The van der Waals surface area contributed by atoms with Gasteiger partial charge < -0.3 is 10.2 Å². The first-order valence-electron chi connectivity index (χ1n) is 9.72. The van der Waals surface area contributed by atoms with Crippen LogP contribution in [0.2, 0.25) is 5.02 Å². The predicted octanol–water partition coefficient (Wildman–Crippen LogP) is 5.66. The third-order valence-electron chi connectivity index (χ3n) is 6.22. The van der Waals surface area contributed by atoms with Crippen LogP contribution in [0.4, 0.5) is 8.78 Å². The number of aliphatic carboxylic acids is 1. The minimum Gasteiger partial charge on any atom is -0.505 e. The van der Waals surface area contributed by atoms with Crippen LogP contribution in [-0.4, -0.2) is 26.7 Å². The van der Waals surface area contributed by atoms with E-state index in [1.54, 1.807) is 6.92 Å². The van der Waals surface area contributed by atoms with Crippen molar-refractivity contribution in [1.82, 2.24) is 4.57 Å². The molecule has 0 amide bonds. The van der Waals surface area contributed by atoms with Gasteiger partial charge in [-0.3, -0.25) is 14.2 Å². The molecule has 0 saturated carbocycles. The highest BCUT2D eigenvalue weighted by molar-refractivity contribution is 6.30. The van der Waals surface area contributed by atoms with Crippen molar-refractivity contribution >= 4 is 34.4 Å². The summed E-state index contributed by atoms with van der Waals surface area (Å²) >= 11 is 5.71.